The molecule has 0 fully saturated rings. The number of rotatable bonds is 4. The molecule has 3 aromatic carbocycles. The van der Waals surface area contributed by atoms with Gasteiger partial charge in [-0.15, -0.1) is 0 Å². The van der Waals surface area contributed by atoms with Gasteiger partial charge in [-0.1, -0.05) is 60.7 Å². The molecule has 5 rings (SSSR count). The molecular weight excluding hydrogens is 400 g/mol. The zero-order chi connectivity index (χ0) is 22.1. The standard InChI is InChI=1S/C26H20N4O2/c1-31-20-14-12-17(13-15-20)22-21(16-27)25(28)32-26-23(22)24(18-8-4-2-5-9-18)29-30(26)19-10-6-3-7-11-19/h2-15,22H,28H2,1H3/t22-/m1/s1. The van der Waals surface area contributed by atoms with Crippen molar-refractivity contribution in [2.75, 3.05) is 7.11 Å². The summed E-state index contributed by atoms with van der Waals surface area (Å²) in [5, 5.41) is 14.9. The highest BCUT2D eigenvalue weighted by molar-refractivity contribution is 5.72. The number of aromatic nitrogens is 2. The van der Waals surface area contributed by atoms with E-state index in [1.54, 1.807) is 11.8 Å². The Hall–Kier alpha value is -4.50. The minimum Gasteiger partial charge on any atom is -0.497 e. The summed E-state index contributed by atoms with van der Waals surface area (Å²) in [5.74, 6) is 0.895. The molecule has 1 atom stereocenters. The lowest BCUT2D eigenvalue weighted by atomic mass is 9.83. The van der Waals surface area contributed by atoms with Crippen molar-refractivity contribution >= 4 is 0 Å². The fraction of sp³-hybridized carbons (Fsp3) is 0.0769. The topological polar surface area (TPSA) is 86.1 Å². The van der Waals surface area contributed by atoms with Crippen molar-refractivity contribution in [1.29, 1.82) is 5.26 Å². The van der Waals surface area contributed by atoms with Gasteiger partial charge in [0.05, 0.1) is 24.3 Å². The van der Waals surface area contributed by atoms with E-state index in [9.17, 15) is 5.26 Å². The average Bonchev–Trinajstić information content (AvgIpc) is 3.23. The third kappa shape index (κ3) is 3.17. The van der Waals surface area contributed by atoms with Gasteiger partial charge in [-0.25, -0.2) is 0 Å². The number of nitrogens with zero attached hydrogens (tertiary/aromatic N) is 3. The van der Waals surface area contributed by atoms with Crippen molar-refractivity contribution in [3.8, 4) is 34.6 Å². The summed E-state index contributed by atoms with van der Waals surface area (Å²) in [6.07, 6.45) is 0. The molecule has 1 aliphatic heterocycles. The summed E-state index contributed by atoms with van der Waals surface area (Å²) in [7, 11) is 1.62. The molecule has 1 aromatic heterocycles. The van der Waals surface area contributed by atoms with E-state index in [1.165, 1.54) is 0 Å². The van der Waals surface area contributed by atoms with Crippen molar-refractivity contribution < 1.29 is 9.47 Å². The molecule has 0 spiro atoms. The summed E-state index contributed by atoms with van der Waals surface area (Å²) < 4.78 is 13.1. The number of para-hydroxylation sites is 1. The molecule has 0 amide bonds. The van der Waals surface area contributed by atoms with Gasteiger partial charge >= 0.3 is 0 Å². The number of hydrogen-bond donors (Lipinski definition) is 1. The molecule has 1 aliphatic rings. The van der Waals surface area contributed by atoms with Crippen LogP contribution < -0.4 is 15.2 Å². The van der Waals surface area contributed by atoms with Crippen molar-refractivity contribution in [3.05, 3.63) is 108 Å². The van der Waals surface area contributed by atoms with Crippen LogP contribution in [0.5, 0.6) is 11.6 Å². The van der Waals surface area contributed by atoms with E-state index in [4.69, 9.17) is 20.3 Å². The van der Waals surface area contributed by atoms with Crippen LogP contribution in [0.3, 0.4) is 0 Å². The maximum atomic E-state index is 9.99. The van der Waals surface area contributed by atoms with Crippen molar-refractivity contribution in [3.63, 3.8) is 0 Å². The SMILES string of the molecule is COc1ccc([C@@H]2C(C#N)=C(N)Oc3c2c(-c2ccccc2)nn3-c2ccccc2)cc1. The fourth-order valence-electron chi connectivity index (χ4n) is 4.02. The Morgan fingerprint density at radius 1 is 0.969 bits per heavy atom. The van der Waals surface area contributed by atoms with Gasteiger partial charge in [-0.3, -0.25) is 0 Å². The summed E-state index contributed by atoms with van der Waals surface area (Å²) in [6.45, 7) is 0. The second kappa shape index (κ2) is 7.97. The molecule has 0 bridgehead atoms. The largest absolute Gasteiger partial charge is 0.497 e. The van der Waals surface area contributed by atoms with Gasteiger partial charge in [0.1, 0.15) is 23.1 Å². The van der Waals surface area contributed by atoms with E-state index in [-0.39, 0.29) is 5.88 Å². The highest BCUT2D eigenvalue weighted by Gasteiger charge is 2.37. The van der Waals surface area contributed by atoms with Gasteiger partial charge < -0.3 is 15.2 Å². The molecule has 2 heterocycles. The first-order chi connectivity index (χ1) is 15.7. The lowest BCUT2D eigenvalue weighted by Gasteiger charge is -2.25. The van der Waals surface area contributed by atoms with E-state index in [2.05, 4.69) is 6.07 Å². The second-order valence-corrected chi connectivity index (χ2v) is 7.38. The number of allylic oxidation sites excluding steroid dienone is 1. The average molecular weight is 420 g/mol. The van der Waals surface area contributed by atoms with E-state index in [1.807, 2.05) is 84.9 Å². The molecule has 32 heavy (non-hydrogen) atoms. The molecule has 2 N–H and O–H groups in total. The van der Waals surface area contributed by atoms with Gasteiger partial charge in [0.15, 0.2) is 0 Å². The molecule has 0 saturated carbocycles. The molecular formula is C26H20N4O2. The van der Waals surface area contributed by atoms with Crippen LogP contribution >= 0.6 is 0 Å². The summed E-state index contributed by atoms with van der Waals surface area (Å²) in [6, 6.07) is 29.5. The lowest BCUT2D eigenvalue weighted by molar-refractivity contribution is 0.367. The Labute approximate surface area is 185 Å². The number of hydrogen-bond acceptors (Lipinski definition) is 5. The summed E-state index contributed by atoms with van der Waals surface area (Å²) in [4.78, 5) is 0. The van der Waals surface area contributed by atoms with Crippen LogP contribution in [0.25, 0.3) is 16.9 Å². The maximum Gasteiger partial charge on any atom is 0.229 e. The zero-order valence-corrected chi connectivity index (χ0v) is 17.4. The van der Waals surface area contributed by atoms with E-state index >= 15 is 0 Å². The molecule has 6 heteroatoms. The first-order valence-electron chi connectivity index (χ1n) is 10.2. The Morgan fingerprint density at radius 2 is 1.62 bits per heavy atom. The maximum absolute atomic E-state index is 9.99. The minimum atomic E-state index is -0.428. The number of nitriles is 1. The molecule has 4 aromatic rings. The molecule has 0 saturated heterocycles. The molecule has 6 nitrogen and oxygen atoms in total. The second-order valence-electron chi connectivity index (χ2n) is 7.38. The fourth-order valence-corrected chi connectivity index (χ4v) is 4.02. The smallest absolute Gasteiger partial charge is 0.229 e. The van der Waals surface area contributed by atoms with Gasteiger partial charge in [0.2, 0.25) is 11.8 Å². The molecule has 156 valence electrons. The van der Waals surface area contributed by atoms with Gasteiger partial charge in [-0.05, 0) is 29.8 Å². The normalized spacial score (nSPS) is 14.9. The van der Waals surface area contributed by atoms with Crippen molar-refractivity contribution in [1.82, 2.24) is 9.78 Å². The minimum absolute atomic E-state index is 0.0810. The summed E-state index contributed by atoms with van der Waals surface area (Å²) in [5.41, 5.74) is 10.8. The Morgan fingerprint density at radius 3 is 2.25 bits per heavy atom. The monoisotopic (exact) mass is 420 g/mol. The van der Waals surface area contributed by atoms with Crippen LogP contribution in [0, 0.1) is 11.3 Å². The first kappa shape index (κ1) is 19.5. The predicted molar refractivity (Wildman–Crippen MR) is 121 cm³/mol. The first-order valence-corrected chi connectivity index (χ1v) is 10.2. The van der Waals surface area contributed by atoms with Crippen molar-refractivity contribution in [2.45, 2.75) is 5.92 Å². The van der Waals surface area contributed by atoms with Crippen molar-refractivity contribution in [2.24, 2.45) is 5.73 Å². The zero-order valence-electron chi connectivity index (χ0n) is 17.4. The highest BCUT2D eigenvalue weighted by Crippen LogP contribution is 2.47. The van der Waals surface area contributed by atoms with Gasteiger partial charge in [0.25, 0.3) is 0 Å². The number of fused-ring (bicyclic) bond motifs is 1. The Bertz CT molecular complexity index is 1330. The number of nitrogens with two attached hydrogens (primary N) is 1. The number of benzene rings is 3. The van der Waals surface area contributed by atoms with Crippen LogP contribution in [0.2, 0.25) is 0 Å². The molecule has 0 aliphatic carbocycles. The number of ether oxygens (including phenoxy) is 2. The third-order valence-electron chi connectivity index (χ3n) is 5.54. The van der Waals surface area contributed by atoms with Crippen LogP contribution in [0.15, 0.2) is 96.4 Å². The quantitative estimate of drug-likeness (QED) is 0.514. The highest BCUT2D eigenvalue weighted by atomic mass is 16.5. The summed E-state index contributed by atoms with van der Waals surface area (Å²) >= 11 is 0. The van der Waals surface area contributed by atoms with Crippen LogP contribution in [-0.4, -0.2) is 16.9 Å². The van der Waals surface area contributed by atoms with Gasteiger partial charge in [0, 0.05) is 5.56 Å². The van der Waals surface area contributed by atoms with Crippen LogP contribution in [-0.2, 0) is 0 Å². The third-order valence-corrected chi connectivity index (χ3v) is 5.54. The van der Waals surface area contributed by atoms with E-state index in [0.29, 0.717) is 11.5 Å². The van der Waals surface area contributed by atoms with E-state index < -0.39 is 5.92 Å². The van der Waals surface area contributed by atoms with Gasteiger partial charge in [-0.2, -0.15) is 15.0 Å². The lowest BCUT2D eigenvalue weighted by Crippen LogP contribution is -2.22. The van der Waals surface area contributed by atoms with E-state index in [0.717, 1.165) is 33.8 Å². The molecule has 0 radical (unpaired) electrons. The van der Waals surface area contributed by atoms with Crippen LogP contribution in [0.1, 0.15) is 17.0 Å². The predicted octanol–water partition coefficient (Wildman–Crippen LogP) is 4.77. The molecule has 0 unspecified atom stereocenters. The number of methoxy groups -OCH3 is 1. The van der Waals surface area contributed by atoms with Crippen LogP contribution in [0.4, 0.5) is 0 Å². The Balaban J connectivity index is 1.80. The Kier molecular flexibility index (Phi) is 4.85.